The molecule has 0 bridgehead atoms. The van der Waals surface area contributed by atoms with Gasteiger partial charge in [0.2, 0.25) is 0 Å². The predicted octanol–water partition coefficient (Wildman–Crippen LogP) is -0.346. The van der Waals surface area contributed by atoms with E-state index in [1.165, 1.54) is 0 Å². The number of esters is 1. The van der Waals surface area contributed by atoms with E-state index >= 15 is 0 Å². The summed E-state index contributed by atoms with van der Waals surface area (Å²) in [6, 6.07) is 0. The van der Waals surface area contributed by atoms with Crippen molar-refractivity contribution < 1.29 is 9.53 Å². The fraction of sp³-hybridized carbons (Fsp3) is 0.625. The van der Waals surface area contributed by atoms with Crippen LogP contribution in [0.5, 0.6) is 0 Å². The lowest BCUT2D eigenvalue weighted by atomic mass is 10.4. The predicted molar refractivity (Wildman–Crippen MR) is 47.7 cm³/mol. The third-order valence-electron chi connectivity index (χ3n) is 1.22. The zero-order valence-electron chi connectivity index (χ0n) is 7.21. The Morgan fingerprint density at radius 1 is 1.67 bits per heavy atom. The van der Waals surface area contributed by atoms with Crippen molar-refractivity contribution in [2.24, 2.45) is 5.73 Å². The summed E-state index contributed by atoms with van der Waals surface area (Å²) in [5.41, 5.74) is 5.03. The molecule has 0 amide bonds. The first-order valence-electron chi connectivity index (χ1n) is 3.98. The number of carbonyl (C=O) groups excluding carboxylic acids is 1. The number of ether oxygens (including phenoxy) is 1. The van der Waals surface area contributed by atoms with Crippen LogP contribution in [-0.4, -0.2) is 32.2 Å². The van der Waals surface area contributed by atoms with Crippen molar-refractivity contribution in [1.82, 2.24) is 5.32 Å². The number of hydrogen-bond acceptors (Lipinski definition) is 4. The quantitative estimate of drug-likeness (QED) is 0.313. The van der Waals surface area contributed by atoms with Crippen molar-refractivity contribution in [1.29, 1.82) is 0 Å². The molecular weight excluding hydrogens is 156 g/mol. The van der Waals surface area contributed by atoms with Crippen LogP contribution in [0.2, 0.25) is 0 Å². The molecule has 0 aliphatic carbocycles. The van der Waals surface area contributed by atoms with Crippen molar-refractivity contribution >= 4 is 5.97 Å². The molecule has 0 aromatic carbocycles. The maximum absolute atomic E-state index is 10.5. The Kier molecular flexibility index (Phi) is 7.63. The van der Waals surface area contributed by atoms with Gasteiger partial charge >= 0.3 is 5.97 Å². The summed E-state index contributed by atoms with van der Waals surface area (Å²) >= 11 is 0. The Balaban J connectivity index is 3.00. The molecule has 0 unspecified atom stereocenters. The minimum Gasteiger partial charge on any atom is -0.465 e. The van der Waals surface area contributed by atoms with E-state index in [4.69, 9.17) is 10.5 Å². The summed E-state index contributed by atoms with van der Waals surface area (Å²) in [5, 5.41) is 3.09. The highest BCUT2D eigenvalue weighted by atomic mass is 16.5. The lowest BCUT2D eigenvalue weighted by Crippen LogP contribution is -2.20. The average Bonchev–Trinajstić information content (AvgIpc) is 2.10. The monoisotopic (exact) mass is 172 g/mol. The van der Waals surface area contributed by atoms with Gasteiger partial charge in [-0.1, -0.05) is 6.08 Å². The van der Waals surface area contributed by atoms with Gasteiger partial charge in [-0.15, -0.1) is 6.58 Å². The Morgan fingerprint density at radius 2 is 2.42 bits per heavy atom. The van der Waals surface area contributed by atoms with Crippen LogP contribution in [0.25, 0.3) is 0 Å². The Hall–Kier alpha value is -0.870. The van der Waals surface area contributed by atoms with E-state index < -0.39 is 0 Å². The highest BCUT2D eigenvalue weighted by Gasteiger charge is 1.96. The van der Waals surface area contributed by atoms with Gasteiger partial charge in [-0.05, 0) is 13.0 Å². The van der Waals surface area contributed by atoms with Gasteiger partial charge in [-0.2, -0.15) is 0 Å². The van der Waals surface area contributed by atoms with Gasteiger partial charge in [0.1, 0.15) is 0 Å². The van der Waals surface area contributed by atoms with Gasteiger partial charge in [0.05, 0.1) is 13.2 Å². The van der Waals surface area contributed by atoms with Crippen LogP contribution >= 0.6 is 0 Å². The highest BCUT2D eigenvalue weighted by molar-refractivity contribution is 5.71. The lowest BCUT2D eigenvalue weighted by molar-refractivity contribution is -0.141. The second-order valence-electron chi connectivity index (χ2n) is 2.27. The molecule has 0 aliphatic rings. The SMILES string of the molecule is C=CCNCCCOC(=O)CN. The van der Waals surface area contributed by atoms with Crippen LogP contribution in [0.15, 0.2) is 12.7 Å². The maximum atomic E-state index is 10.5. The van der Waals surface area contributed by atoms with E-state index in [0.717, 1.165) is 19.5 Å². The van der Waals surface area contributed by atoms with Crippen molar-refractivity contribution in [2.45, 2.75) is 6.42 Å². The smallest absolute Gasteiger partial charge is 0.319 e. The summed E-state index contributed by atoms with van der Waals surface area (Å²) < 4.78 is 4.74. The minimum absolute atomic E-state index is 0.0416. The van der Waals surface area contributed by atoms with Gasteiger partial charge in [0.15, 0.2) is 0 Å². The number of nitrogens with one attached hydrogen (secondary N) is 1. The molecule has 0 rings (SSSR count). The van der Waals surface area contributed by atoms with E-state index in [-0.39, 0.29) is 12.5 Å². The van der Waals surface area contributed by atoms with Crippen molar-refractivity contribution in [3.05, 3.63) is 12.7 Å². The molecule has 0 spiro atoms. The number of rotatable bonds is 7. The largest absolute Gasteiger partial charge is 0.465 e. The first-order chi connectivity index (χ1) is 5.81. The molecule has 0 radical (unpaired) electrons. The van der Waals surface area contributed by atoms with Crippen LogP contribution in [0.1, 0.15) is 6.42 Å². The first-order valence-corrected chi connectivity index (χ1v) is 3.98. The molecule has 4 heteroatoms. The fourth-order valence-electron chi connectivity index (χ4n) is 0.646. The van der Waals surface area contributed by atoms with Crippen LogP contribution in [0.4, 0.5) is 0 Å². The minimum atomic E-state index is -0.348. The molecule has 0 aromatic heterocycles. The fourth-order valence-corrected chi connectivity index (χ4v) is 0.646. The Morgan fingerprint density at radius 3 is 3.00 bits per heavy atom. The molecule has 0 fully saturated rings. The van der Waals surface area contributed by atoms with Crippen LogP contribution in [-0.2, 0) is 9.53 Å². The molecular formula is C8H16N2O2. The molecule has 4 nitrogen and oxygen atoms in total. The summed E-state index contributed by atoms with van der Waals surface area (Å²) in [6.45, 7) is 5.55. The third-order valence-corrected chi connectivity index (χ3v) is 1.22. The highest BCUT2D eigenvalue weighted by Crippen LogP contribution is 1.81. The summed E-state index contributed by atoms with van der Waals surface area (Å²) in [7, 11) is 0. The molecule has 12 heavy (non-hydrogen) atoms. The summed E-state index contributed by atoms with van der Waals surface area (Å²) in [4.78, 5) is 10.5. The van der Waals surface area contributed by atoms with Gasteiger partial charge in [-0.3, -0.25) is 4.79 Å². The number of nitrogens with two attached hydrogens (primary N) is 1. The molecule has 0 atom stereocenters. The molecule has 0 saturated carbocycles. The molecule has 3 N–H and O–H groups in total. The standard InChI is InChI=1S/C8H16N2O2/c1-2-4-10-5-3-6-12-8(11)7-9/h2,10H,1,3-7,9H2. The first kappa shape index (κ1) is 11.1. The van der Waals surface area contributed by atoms with Crippen LogP contribution < -0.4 is 11.1 Å². The second-order valence-corrected chi connectivity index (χ2v) is 2.27. The van der Waals surface area contributed by atoms with Gasteiger partial charge in [0.25, 0.3) is 0 Å². The Labute approximate surface area is 72.8 Å². The molecule has 0 aromatic rings. The van der Waals surface area contributed by atoms with E-state index in [1.807, 2.05) is 0 Å². The second kappa shape index (κ2) is 8.23. The van der Waals surface area contributed by atoms with Crippen LogP contribution in [0.3, 0.4) is 0 Å². The van der Waals surface area contributed by atoms with E-state index in [0.29, 0.717) is 6.61 Å². The van der Waals surface area contributed by atoms with Gasteiger partial charge < -0.3 is 15.8 Å². The van der Waals surface area contributed by atoms with Crippen molar-refractivity contribution in [3.63, 3.8) is 0 Å². The van der Waals surface area contributed by atoms with Crippen LogP contribution in [0, 0.1) is 0 Å². The summed E-state index contributed by atoms with van der Waals surface area (Å²) in [6.07, 6.45) is 2.59. The molecule has 70 valence electrons. The number of hydrogen-bond donors (Lipinski definition) is 2. The van der Waals surface area contributed by atoms with Gasteiger partial charge in [-0.25, -0.2) is 0 Å². The molecule has 0 saturated heterocycles. The van der Waals surface area contributed by atoms with E-state index in [1.54, 1.807) is 6.08 Å². The molecule has 0 aliphatic heterocycles. The van der Waals surface area contributed by atoms with Gasteiger partial charge in [0, 0.05) is 6.54 Å². The average molecular weight is 172 g/mol. The lowest BCUT2D eigenvalue weighted by Gasteiger charge is -2.02. The maximum Gasteiger partial charge on any atom is 0.319 e. The normalized spacial score (nSPS) is 9.42. The zero-order valence-corrected chi connectivity index (χ0v) is 7.21. The van der Waals surface area contributed by atoms with Crippen molar-refractivity contribution in [3.8, 4) is 0 Å². The zero-order chi connectivity index (χ0) is 9.23. The van der Waals surface area contributed by atoms with Crippen molar-refractivity contribution in [2.75, 3.05) is 26.2 Å². The van der Waals surface area contributed by atoms with E-state index in [2.05, 4.69) is 11.9 Å². The number of carbonyl (C=O) groups is 1. The molecule has 0 heterocycles. The third kappa shape index (κ3) is 7.24. The van der Waals surface area contributed by atoms with E-state index in [9.17, 15) is 4.79 Å². The topological polar surface area (TPSA) is 64.3 Å². The summed E-state index contributed by atoms with van der Waals surface area (Å²) in [5.74, 6) is -0.348. The Bertz CT molecular complexity index is 137.